The summed E-state index contributed by atoms with van der Waals surface area (Å²) in [6.07, 6.45) is 7.56. The van der Waals surface area contributed by atoms with Crippen LogP contribution in [0.25, 0.3) is 6.08 Å². The molecule has 3 aromatic rings. The zero-order valence-corrected chi connectivity index (χ0v) is 20.4. The average molecular weight is 488 g/mol. The minimum Gasteiger partial charge on any atom is -0.480 e. The van der Waals surface area contributed by atoms with Crippen molar-refractivity contribution in [2.75, 3.05) is 11.9 Å². The molecule has 35 heavy (non-hydrogen) atoms. The second-order valence-electron chi connectivity index (χ2n) is 9.68. The molecule has 5 rings (SSSR count). The average Bonchev–Trinajstić information content (AvgIpc) is 3.17. The molecule has 0 aromatic heterocycles. The second kappa shape index (κ2) is 9.88. The Morgan fingerprint density at radius 3 is 2.49 bits per heavy atom. The minimum atomic E-state index is -1.02. The van der Waals surface area contributed by atoms with Crippen molar-refractivity contribution in [3.63, 3.8) is 0 Å². The molecular formula is C30H30ClNO3. The molecule has 2 aliphatic rings. The van der Waals surface area contributed by atoms with Gasteiger partial charge in [0.1, 0.15) is 5.54 Å². The topological polar surface area (TPSA) is 58.6 Å². The number of fused-ring (bicyclic) bond motifs is 2. The van der Waals surface area contributed by atoms with Crippen LogP contribution in [0.4, 0.5) is 5.69 Å². The third kappa shape index (κ3) is 4.73. The van der Waals surface area contributed by atoms with Gasteiger partial charge in [-0.25, -0.2) is 4.79 Å². The van der Waals surface area contributed by atoms with E-state index in [-0.39, 0.29) is 11.5 Å². The van der Waals surface area contributed by atoms with Gasteiger partial charge < -0.3 is 15.2 Å². The SMILES string of the molecule is O=C(O)C1(Nc2cccc(Cl)c2)CCC2(CC1)c1ccccc1CC2OC/C=C/c1ccccc1. The van der Waals surface area contributed by atoms with E-state index in [9.17, 15) is 9.90 Å². The molecule has 1 saturated carbocycles. The van der Waals surface area contributed by atoms with Gasteiger partial charge in [-0.1, -0.05) is 84.4 Å². The summed E-state index contributed by atoms with van der Waals surface area (Å²) in [5.74, 6) is -0.818. The number of halogens is 1. The molecule has 3 aromatic carbocycles. The predicted octanol–water partition coefficient (Wildman–Crippen LogP) is 6.74. The van der Waals surface area contributed by atoms with Crippen molar-refractivity contribution in [3.05, 3.63) is 107 Å². The first-order valence-corrected chi connectivity index (χ1v) is 12.6. The number of rotatable bonds is 7. The highest BCUT2D eigenvalue weighted by atomic mass is 35.5. The van der Waals surface area contributed by atoms with E-state index in [4.69, 9.17) is 16.3 Å². The zero-order valence-electron chi connectivity index (χ0n) is 19.6. The van der Waals surface area contributed by atoms with Gasteiger partial charge in [0.2, 0.25) is 0 Å². The lowest BCUT2D eigenvalue weighted by Gasteiger charge is -2.46. The Morgan fingerprint density at radius 2 is 1.74 bits per heavy atom. The van der Waals surface area contributed by atoms with Crippen molar-refractivity contribution < 1.29 is 14.6 Å². The molecule has 0 bridgehead atoms. The van der Waals surface area contributed by atoms with Crippen LogP contribution in [0.2, 0.25) is 5.02 Å². The van der Waals surface area contributed by atoms with Crippen molar-refractivity contribution in [1.29, 1.82) is 0 Å². The van der Waals surface area contributed by atoms with Gasteiger partial charge in [0.15, 0.2) is 0 Å². The van der Waals surface area contributed by atoms with Crippen LogP contribution in [0.15, 0.2) is 84.9 Å². The summed E-state index contributed by atoms with van der Waals surface area (Å²) in [6.45, 7) is 0.528. The van der Waals surface area contributed by atoms with Gasteiger partial charge in [-0.3, -0.25) is 0 Å². The summed E-state index contributed by atoms with van der Waals surface area (Å²) in [6, 6.07) is 26.0. The number of benzene rings is 3. The summed E-state index contributed by atoms with van der Waals surface area (Å²) in [7, 11) is 0. The Bertz CT molecular complexity index is 1220. The van der Waals surface area contributed by atoms with Crippen LogP contribution in [-0.4, -0.2) is 29.3 Å². The van der Waals surface area contributed by atoms with E-state index < -0.39 is 11.5 Å². The van der Waals surface area contributed by atoms with Crippen molar-refractivity contribution in [3.8, 4) is 0 Å². The first-order valence-electron chi connectivity index (χ1n) is 12.2. The van der Waals surface area contributed by atoms with Crippen LogP contribution >= 0.6 is 11.6 Å². The smallest absolute Gasteiger partial charge is 0.329 e. The molecule has 0 saturated heterocycles. The second-order valence-corrected chi connectivity index (χ2v) is 10.1. The van der Waals surface area contributed by atoms with Gasteiger partial charge in [0.05, 0.1) is 12.7 Å². The lowest BCUT2D eigenvalue weighted by atomic mass is 9.63. The number of ether oxygens (including phenoxy) is 1. The molecule has 1 atom stereocenters. The number of carboxylic acids is 1. The molecule has 0 aliphatic heterocycles. The molecule has 1 fully saturated rings. The third-order valence-electron chi connectivity index (χ3n) is 7.69. The fourth-order valence-corrected chi connectivity index (χ4v) is 6.03. The third-order valence-corrected chi connectivity index (χ3v) is 7.93. The predicted molar refractivity (Wildman–Crippen MR) is 141 cm³/mol. The van der Waals surface area contributed by atoms with Crippen LogP contribution < -0.4 is 5.32 Å². The lowest BCUT2D eigenvalue weighted by molar-refractivity contribution is -0.144. The quantitative estimate of drug-likeness (QED) is 0.387. The van der Waals surface area contributed by atoms with Gasteiger partial charge in [-0.15, -0.1) is 0 Å². The molecule has 2 N–H and O–H groups in total. The highest BCUT2D eigenvalue weighted by molar-refractivity contribution is 6.30. The van der Waals surface area contributed by atoms with E-state index >= 15 is 0 Å². The van der Waals surface area contributed by atoms with Gasteiger partial charge in [-0.2, -0.15) is 0 Å². The fraction of sp³-hybridized carbons (Fsp3) is 0.300. The van der Waals surface area contributed by atoms with Gasteiger partial charge in [-0.05, 0) is 67.0 Å². The van der Waals surface area contributed by atoms with Gasteiger partial charge >= 0.3 is 5.97 Å². The van der Waals surface area contributed by atoms with Crippen molar-refractivity contribution >= 4 is 29.3 Å². The molecule has 0 amide bonds. The summed E-state index contributed by atoms with van der Waals surface area (Å²) >= 11 is 6.15. The molecule has 2 aliphatic carbocycles. The highest BCUT2D eigenvalue weighted by Gasteiger charge is 2.54. The number of carboxylic acid groups (broad SMARTS) is 1. The zero-order chi connectivity index (χ0) is 24.3. The molecule has 1 unspecified atom stereocenters. The first kappa shape index (κ1) is 23.7. The summed E-state index contributed by atoms with van der Waals surface area (Å²) in [5, 5.41) is 14.2. The number of nitrogens with one attached hydrogen (secondary N) is 1. The highest BCUT2D eigenvalue weighted by Crippen LogP contribution is 2.52. The van der Waals surface area contributed by atoms with Crippen LogP contribution in [0, 0.1) is 0 Å². The van der Waals surface area contributed by atoms with Crippen molar-refractivity contribution in [1.82, 2.24) is 0 Å². The van der Waals surface area contributed by atoms with Crippen molar-refractivity contribution in [2.24, 2.45) is 0 Å². The Hall–Kier alpha value is -3.08. The first-order chi connectivity index (χ1) is 17.0. The number of aliphatic carboxylic acids is 1. The maximum absolute atomic E-state index is 12.5. The van der Waals surface area contributed by atoms with Crippen molar-refractivity contribution in [2.45, 2.75) is 49.2 Å². The van der Waals surface area contributed by atoms with E-state index in [0.29, 0.717) is 24.5 Å². The number of carbonyl (C=O) groups is 1. The van der Waals surface area contributed by atoms with Crippen LogP contribution in [0.3, 0.4) is 0 Å². The fourth-order valence-electron chi connectivity index (χ4n) is 5.84. The normalized spacial score (nSPS) is 25.6. The minimum absolute atomic E-state index is 0.0262. The van der Waals surface area contributed by atoms with Crippen LogP contribution in [-0.2, 0) is 21.4 Å². The monoisotopic (exact) mass is 487 g/mol. The lowest BCUT2D eigenvalue weighted by Crippen LogP contribution is -2.54. The molecule has 0 radical (unpaired) electrons. The Kier molecular flexibility index (Phi) is 6.68. The molecular weight excluding hydrogens is 458 g/mol. The van der Waals surface area contributed by atoms with E-state index in [0.717, 1.165) is 30.5 Å². The largest absolute Gasteiger partial charge is 0.480 e. The molecule has 5 heteroatoms. The molecule has 0 heterocycles. The Balaban J connectivity index is 1.35. The summed E-state index contributed by atoms with van der Waals surface area (Å²) in [4.78, 5) is 12.5. The van der Waals surface area contributed by atoms with Gasteiger partial charge in [0, 0.05) is 16.1 Å². The van der Waals surface area contributed by atoms with E-state index in [2.05, 4.69) is 53.9 Å². The Morgan fingerprint density at radius 1 is 1.00 bits per heavy atom. The maximum Gasteiger partial charge on any atom is 0.329 e. The molecule has 4 nitrogen and oxygen atoms in total. The Labute approximate surface area is 211 Å². The molecule has 180 valence electrons. The van der Waals surface area contributed by atoms with E-state index in [1.165, 1.54) is 11.1 Å². The van der Waals surface area contributed by atoms with Crippen LogP contribution in [0.1, 0.15) is 42.4 Å². The molecule has 1 spiro atoms. The summed E-state index contributed by atoms with van der Waals surface area (Å²) < 4.78 is 6.49. The number of hydrogen-bond acceptors (Lipinski definition) is 3. The standard InChI is InChI=1S/C30H30ClNO3/c31-24-12-6-13-25(21-24)32-30(28(33)34)17-15-29(16-18-30)26-14-5-4-11-23(26)20-27(29)35-19-7-10-22-8-2-1-3-9-22/h1-14,21,27,32H,15-20H2,(H,33,34)/b10-7+. The maximum atomic E-state index is 12.5. The summed E-state index contributed by atoms with van der Waals surface area (Å²) in [5.41, 5.74) is 3.32. The van der Waals surface area contributed by atoms with E-state index in [1.807, 2.05) is 30.3 Å². The van der Waals surface area contributed by atoms with Crippen LogP contribution in [0.5, 0.6) is 0 Å². The number of hydrogen-bond donors (Lipinski definition) is 2. The van der Waals surface area contributed by atoms with E-state index in [1.54, 1.807) is 12.1 Å². The van der Waals surface area contributed by atoms with Gasteiger partial charge in [0.25, 0.3) is 0 Å². The number of anilines is 1.